The second-order valence-electron chi connectivity index (χ2n) is 5.66. The number of methoxy groups -OCH3 is 2. The third-order valence-corrected chi connectivity index (χ3v) is 3.72. The number of anilines is 1. The molecule has 0 saturated carbocycles. The van der Waals surface area contributed by atoms with Gasteiger partial charge in [-0.2, -0.15) is 0 Å². The lowest BCUT2D eigenvalue weighted by Gasteiger charge is -2.18. The van der Waals surface area contributed by atoms with Gasteiger partial charge in [0, 0.05) is 17.8 Å². The number of amides is 3. The Bertz CT molecular complexity index is 589. The SMILES string of the molecule is CC[C@H](C)NC(=O)[C@@H](C)NC(=O)Nc1cc(OC)c(OC)cc1C. The molecule has 7 heteroatoms. The van der Waals surface area contributed by atoms with E-state index >= 15 is 0 Å². The molecule has 0 radical (unpaired) electrons. The minimum absolute atomic E-state index is 0.0675. The predicted molar refractivity (Wildman–Crippen MR) is 93.8 cm³/mol. The first-order valence-corrected chi connectivity index (χ1v) is 7.92. The van der Waals surface area contributed by atoms with E-state index in [1.54, 1.807) is 26.2 Å². The van der Waals surface area contributed by atoms with Gasteiger partial charge in [0.25, 0.3) is 0 Å². The number of carbonyl (C=O) groups excluding carboxylic acids is 2. The molecular formula is C17H27N3O4. The number of rotatable bonds is 7. The van der Waals surface area contributed by atoms with Crippen LogP contribution in [0.5, 0.6) is 11.5 Å². The lowest BCUT2D eigenvalue weighted by atomic mass is 10.1. The summed E-state index contributed by atoms with van der Waals surface area (Å²) in [5, 5.41) is 8.17. The van der Waals surface area contributed by atoms with Crippen LogP contribution in [0.25, 0.3) is 0 Å². The van der Waals surface area contributed by atoms with Gasteiger partial charge >= 0.3 is 6.03 Å². The van der Waals surface area contributed by atoms with Crippen molar-refractivity contribution in [1.29, 1.82) is 0 Å². The number of aryl methyl sites for hydroxylation is 1. The van der Waals surface area contributed by atoms with E-state index in [1.165, 1.54) is 7.11 Å². The zero-order valence-corrected chi connectivity index (χ0v) is 15.1. The molecule has 0 saturated heterocycles. The van der Waals surface area contributed by atoms with Gasteiger partial charge in [-0.05, 0) is 38.8 Å². The maximum atomic E-state index is 12.1. The summed E-state index contributed by atoms with van der Waals surface area (Å²) in [4.78, 5) is 24.1. The van der Waals surface area contributed by atoms with Gasteiger partial charge < -0.3 is 25.4 Å². The average molecular weight is 337 g/mol. The first-order chi connectivity index (χ1) is 11.3. The number of nitrogens with one attached hydrogen (secondary N) is 3. The Kier molecular flexibility index (Phi) is 7.35. The molecule has 0 spiro atoms. The van der Waals surface area contributed by atoms with E-state index in [4.69, 9.17) is 9.47 Å². The van der Waals surface area contributed by atoms with Crippen LogP contribution >= 0.6 is 0 Å². The van der Waals surface area contributed by atoms with E-state index in [0.29, 0.717) is 17.2 Å². The molecule has 1 rings (SSSR count). The van der Waals surface area contributed by atoms with Crippen LogP contribution in [0.2, 0.25) is 0 Å². The molecule has 1 aromatic carbocycles. The highest BCUT2D eigenvalue weighted by Crippen LogP contribution is 2.32. The summed E-state index contributed by atoms with van der Waals surface area (Å²) >= 11 is 0. The average Bonchev–Trinajstić information content (AvgIpc) is 2.55. The molecule has 0 aliphatic carbocycles. The topological polar surface area (TPSA) is 88.7 Å². The molecule has 0 aromatic heterocycles. The molecule has 134 valence electrons. The van der Waals surface area contributed by atoms with Gasteiger partial charge in [0.15, 0.2) is 11.5 Å². The molecule has 3 N–H and O–H groups in total. The minimum Gasteiger partial charge on any atom is -0.493 e. The van der Waals surface area contributed by atoms with Crippen LogP contribution in [0.3, 0.4) is 0 Å². The Labute approximate surface area is 143 Å². The van der Waals surface area contributed by atoms with Crippen LogP contribution in [-0.2, 0) is 4.79 Å². The zero-order valence-electron chi connectivity index (χ0n) is 15.1. The molecule has 1 aromatic rings. The van der Waals surface area contributed by atoms with Gasteiger partial charge in [-0.15, -0.1) is 0 Å². The lowest BCUT2D eigenvalue weighted by molar-refractivity contribution is -0.123. The van der Waals surface area contributed by atoms with E-state index in [-0.39, 0.29) is 11.9 Å². The lowest BCUT2D eigenvalue weighted by Crippen LogP contribution is -2.48. The van der Waals surface area contributed by atoms with E-state index < -0.39 is 12.1 Å². The Hall–Kier alpha value is -2.44. The fourth-order valence-electron chi connectivity index (χ4n) is 2.01. The molecule has 7 nitrogen and oxygen atoms in total. The molecule has 0 bridgehead atoms. The molecule has 0 unspecified atom stereocenters. The minimum atomic E-state index is -0.639. The summed E-state index contributed by atoms with van der Waals surface area (Å²) in [7, 11) is 3.08. The predicted octanol–water partition coefficient (Wildman–Crippen LogP) is 2.44. The summed E-state index contributed by atoms with van der Waals surface area (Å²) in [6.07, 6.45) is 0.829. The van der Waals surface area contributed by atoms with Gasteiger partial charge in [0.2, 0.25) is 5.91 Å². The molecule has 0 heterocycles. The van der Waals surface area contributed by atoms with Crippen molar-refractivity contribution in [3.63, 3.8) is 0 Å². The van der Waals surface area contributed by atoms with E-state index in [9.17, 15) is 9.59 Å². The summed E-state index contributed by atoms with van der Waals surface area (Å²) < 4.78 is 10.4. The van der Waals surface area contributed by atoms with Crippen LogP contribution in [0.15, 0.2) is 12.1 Å². The largest absolute Gasteiger partial charge is 0.493 e. The maximum Gasteiger partial charge on any atom is 0.319 e. The second kappa shape index (κ2) is 9.00. The van der Waals surface area contributed by atoms with Crippen molar-refractivity contribution in [2.75, 3.05) is 19.5 Å². The van der Waals surface area contributed by atoms with Gasteiger partial charge in [0.1, 0.15) is 6.04 Å². The highest BCUT2D eigenvalue weighted by Gasteiger charge is 2.18. The van der Waals surface area contributed by atoms with E-state index in [0.717, 1.165) is 12.0 Å². The van der Waals surface area contributed by atoms with Crippen LogP contribution in [0.1, 0.15) is 32.8 Å². The first kappa shape index (κ1) is 19.6. The number of urea groups is 1. The van der Waals surface area contributed by atoms with Gasteiger partial charge in [0.05, 0.1) is 14.2 Å². The van der Waals surface area contributed by atoms with E-state index in [2.05, 4.69) is 16.0 Å². The normalized spacial score (nSPS) is 12.8. The molecule has 0 aliphatic rings. The summed E-state index contributed by atoms with van der Waals surface area (Å²) in [5.74, 6) is 0.881. The fourth-order valence-corrected chi connectivity index (χ4v) is 2.01. The van der Waals surface area contributed by atoms with Crippen LogP contribution in [0, 0.1) is 6.92 Å². The summed E-state index contributed by atoms with van der Waals surface area (Å²) in [6, 6.07) is 2.42. The molecule has 3 amide bonds. The molecule has 24 heavy (non-hydrogen) atoms. The maximum absolute atomic E-state index is 12.1. The quantitative estimate of drug-likeness (QED) is 0.713. The van der Waals surface area contributed by atoms with Crippen molar-refractivity contribution in [3.05, 3.63) is 17.7 Å². The Morgan fingerprint density at radius 1 is 1.08 bits per heavy atom. The van der Waals surface area contributed by atoms with Gasteiger partial charge in [-0.3, -0.25) is 4.79 Å². The molecular weight excluding hydrogens is 310 g/mol. The Balaban J connectivity index is 2.73. The fraction of sp³-hybridized carbons (Fsp3) is 0.529. The van der Waals surface area contributed by atoms with Crippen molar-refractivity contribution in [1.82, 2.24) is 10.6 Å². The summed E-state index contributed by atoms with van der Waals surface area (Å²) in [5.41, 5.74) is 1.40. The molecule has 0 fully saturated rings. The first-order valence-electron chi connectivity index (χ1n) is 7.92. The number of carbonyl (C=O) groups is 2. The Morgan fingerprint density at radius 3 is 2.21 bits per heavy atom. The third-order valence-electron chi connectivity index (χ3n) is 3.72. The highest BCUT2D eigenvalue weighted by molar-refractivity contribution is 5.94. The summed E-state index contributed by atoms with van der Waals surface area (Å²) in [6.45, 7) is 7.38. The smallest absolute Gasteiger partial charge is 0.319 e. The highest BCUT2D eigenvalue weighted by atomic mass is 16.5. The van der Waals surface area contributed by atoms with Crippen molar-refractivity contribution >= 4 is 17.6 Å². The van der Waals surface area contributed by atoms with Crippen LogP contribution < -0.4 is 25.4 Å². The van der Waals surface area contributed by atoms with Gasteiger partial charge in [-0.1, -0.05) is 6.92 Å². The van der Waals surface area contributed by atoms with Crippen molar-refractivity contribution in [2.24, 2.45) is 0 Å². The number of ether oxygens (including phenoxy) is 2. The molecule has 0 aliphatic heterocycles. The van der Waals surface area contributed by atoms with Crippen molar-refractivity contribution in [3.8, 4) is 11.5 Å². The number of hydrogen-bond donors (Lipinski definition) is 3. The van der Waals surface area contributed by atoms with Crippen molar-refractivity contribution in [2.45, 2.75) is 46.2 Å². The second-order valence-corrected chi connectivity index (χ2v) is 5.66. The standard InChI is InChI=1S/C17H27N3O4/c1-7-11(3)18-16(21)12(4)19-17(22)20-13-9-15(24-6)14(23-5)8-10(13)2/h8-9,11-12H,7H2,1-6H3,(H,18,21)(H2,19,20,22)/t11-,12+/m0/s1. The van der Waals surface area contributed by atoms with E-state index in [1.807, 2.05) is 20.8 Å². The van der Waals surface area contributed by atoms with Gasteiger partial charge in [-0.25, -0.2) is 4.79 Å². The molecule has 2 atom stereocenters. The third kappa shape index (κ3) is 5.33. The Morgan fingerprint density at radius 2 is 1.67 bits per heavy atom. The monoisotopic (exact) mass is 337 g/mol. The zero-order chi connectivity index (χ0) is 18.3. The van der Waals surface area contributed by atoms with Crippen LogP contribution in [0.4, 0.5) is 10.5 Å². The van der Waals surface area contributed by atoms with Crippen molar-refractivity contribution < 1.29 is 19.1 Å². The van der Waals surface area contributed by atoms with Crippen LogP contribution in [-0.4, -0.2) is 38.2 Å². The number of hydrogen-bond acceptors (Lipinski definition) is 4. The number of benzene rings is 1.